The number of anilines is 2. The van der Waals surface area contributed by atoms with E-state index in [4.69, 9.17) is 9.47 Å². The Bertz CT molecular complexity index is 1340. The first-order valence-corrected chi connectivity index (χ1v) is 13.3. The number of carbonyl (C=O) groups is 2. The summed E-state index contributed by atoms with van der Waals surface area (Å²) in [5.74, 6) is -0.124. The molecule has 4 rings (SSSR count). The second-order valence-corrected chi connectivity index (χ2v) is 9.86. The Labute approximate surface area is 230 Å². The maximum Gasteiger partial charge on any atom is 0.300 e. The van der Waals surface area contributed by atoms with Crippen molar-refractivity contribution in [3.63, 3.8) is 0 Å². The number of hydrogen-bond donors (Lipinski definition) is 1. The molecule has 1 unspecified atom stereocenters. The molecule has 0 saturated carbocycles. The third-order valence-corrected chi connectivity index (χ3v) is 6.82. The van der Waals surface area contributed by atoms with E-state index >= 15 is 0 Å². The third-order valence-electron chi connectivity index (χ3n) is 6.82. The van der Waals surface area contributed by atoms with E-state index in [-0.39, 0.29) is 11.3 Å². The maximum absolute atomic E-state index is 13.5. The number of amides is 1. The molecular formula is C32H36N2O5. The van der Waals surface area contributed by atoms with Crippen molar-refractivity contribution < 1.29 is 24.2 Å². The average molecular weight is 529 g/mol. The zero-order chi connectivity index (χ0) is 28.1. The van der Waals surface area contributed by atoms with Crippen LogP contribution in [0.25, 0.3) is 5.76 Å². The Morgan fingerprint density at radius 1 is 0.949 bits per heavy atom. The van der Waals surface area contributed by atoms with Gasteiger partial charge in [-0.05, 0) is 73.9 Å². The minimum absolute atomic E-state index is 0.0268. The Hall–Kier alpha value is -4.26. The normalized spacial score (nSPS) is 16.6. The van der Waals surface area contributed by atoms with E-state index in [0.717, 1.165) is 18.8 Å². The van der Waals surface area contributed by atoms with E-state index in [0.29, 0.717) is 40.8 Å². The fourth-order valence-corrected chi connectivity index (χ4v) is 4.76. The minimum atomic E-state index is -0.824. The summed E-state index contributed by atoms with van der Waals surface area (Å²) in [5, 5.41) is 11.5. The summed E-state index contributed by atoms with van der Waals surface area (Å²) in [6.07, 6.45) is 0. The van der Waals surface area contributed by atoms with Gasteiger partial charge in [-0.25, -0.2) is 0 Å². The standard InChI is InChI=1S/C32H36N2O5/c1-6-33(7-2)24-13-15-25(16-14-24)34-29(22-11-17-26(38-5)18-12-22)28(31(36)32(34)37)30(35)23-9-8-10-27(19-23)39-20-21(3)4/h8-19,21,29,35H,6-7,20H2,1-5H3/b30-28+. The molecule has 1 saturated heterocycles. The molecule has 0 aromatic heterocycles. The molecular weight excluding hydrogens is 492 g/mol. The van der Waals surface area contributed by atoms with E-state index in [9.17, 15) is 14.7 Å². The highest BCUT2D eigenvalue weighted by atomic mass is 16.5. The molecule has 1 N–H and O–H groups in total. The first kappa shape index (κ1) is 27.8. The van der Waals surface area contributed by atoms with Crippen LogP contribution < -0.4 is 19.3 Å². The van der Waals surface area contributed by atoms with E-state index in [1.807, 2.05) is 36.4 Å². The van der Waals surface area contributed by atoms with Gasteiger partial charge in [-0.2, -0.15) is 0 Å². The van der Waals surface area contributed by atoms with Crippen molar-refractivity contribution in [1.82, 2.24) is 0 Å². The quantitative estimate of drug-likeness (QED) is 0.192. The molecule has 0 bridgehead atoms. The molecule has 1 fully saturated rings. The van der Waals surface area contributed by atoms with Crippen LogP contribution in [0.15, 0.2) is 78.4 Å². The van der Waals surface area contributed by atoms with E-state index in [2.05, 4.69) is 32.6 Å². The van der Waals surface area contributed by atoms with Gasteiger partial charge in [0.1, 0.15) is 17.3 Å². The highest BCUT2D eigenvalue weighted by Crippen LogP contribution is 2.43. The molecule has 0 spiro atoms. The van der Waals surface area contributed by atoms with Crippen LogP contribution in [0.5, 0.6) is 11.5 Å². The summed E-state index contributed by atoms with van der Waals surface area (Å²) in [4.78, 5) is 30.7. The maximum atomic E-state index is 13.5. The van der Waals surface area contributed by atoms with Gasteiger partial charge in [-0.1, -0.05) is 38.1 Å². The zero-order valence-corrected chi connectivity index (χ0v) is 23.2. The SMILES string of the molecule is CCN(CC)c1ccc(N2C(=O)C(=O)/C(=C(/O)c3cccc(OCC(C)C)c3)C2c2ccc(OC)cc2)cc1. The zero-order valence-electron chi connectivity index (χ0n) is 23.2. The molecule has 1 aliphatic heterocycles. The van der Waals surface area contributed by atoms with Gasteiger partial charge < -0.3 is 19.5 Å². The number of methoxy groups -OCH3 is 1. The molecule has 0 radical (unpaired) electrons. The number of benzene rings is 3. The monoisotopic (exact) mass is 528 g/mol. The van der Waals surface area contributed by atoms with Crippen molar-refractivity contribution in [2.75, 3.05) is 36.6 Å². The molecule has 3 aromatic rings. The largest absolute Gasteiger partial charge is 0.507 e. The second kappa shape index (κ2) is 12.1. The van der Waals surface area contributed by atoms with Crippen LogP contribution in [0.1, 0.15) is 44.9 Å². The van der Waals surface area contributed by atoms with Gasteiger partial charge in [0.25, 0.3) is 11.7 Å². The summed E-state index contributed by atoms with van der Waals surface area (Å²) in [5.41, 5.74) is 2.71. The molecule has 7 nitrogen and oxygen atoms in total. The number of carbonyl (C=O) groups excluding carboxylic acids is 2. The van der Waals surface area contributed by atoms with Gasteiger partial charge in [0, 0.05) is 30.0 Å². The van der Waals surface area contributed by atoms with Crippen LogP contribution in [0.4, 0.5) is 11.4 Å². The lowest BCUT2D eigenvalue weighted by atomic mass is 9.95. The van der Waals surface area contributed by atoms with E-state index in [1.165, 1.54) is 4.90 Å². The number of ketones is 1. The summed E-state index contributed by atoms with van der Waals surface area (Å²) in [7, 11) is 1.58. The van der Waals surface area contributed by atoms with Crippen LogP contribution >= 0.6 is 0 Å². The van der Waals surface area contributed by atoms with E-state index in [1.54, 1.807) is 43.5 Å². The number of aliphatic hydroxyl groups is 1. The first-order chi connectivity index (χ1) is 18.8. The minimum Gasteiger partial charge on any atom is -0.507 e. The topological polar surface area (TPSA) is 79.3 Å². The lowest BCUT2D eigenvalue weighted by Crippen LogP contribution is -2.29. The number of ether oxygens (including phenoxy) is 2. The Balaban J connectivity index is 1.83. The van der Waals surface area contributed by atoms with Gasteiger partial charge in [0.15, 0.2) is 0 Å². The lowest BCUT2D eigenvalue weighted by Gasteiger charge is -2.27. The van der Waals surface area contributed by atoms with Gasteiger partial charge in [0.05, 0.1) is 25.3 Å². The van der Waals surface area contributed by atoms with Crippen LogP contribution in [0.3, 0.4) is 0 Å². The van der Waals surface area contributed by atoms with Crippen molar-refractivity contribution in [2.45, 2.75) is 33.7 Å². The van der Waals surface area contributed by atoms with E-state index < -0.39 is 17.7 Å². The Kier molecular flexibility index (Phi) is 8.59. The molecule has 7 heteroatoms. The number of hydrogen-bond acceptors (Lipinski definition) is 6. The van der Waals surface area contributed by atoms with Crippen molar-refractivity contribution >= 4 is 28.8 Å². The molecule has 1 heterocycles. The Morgan fingerprint density at radius 3 is 2.21 bits per heavy atom. The fraction of sp³-hybridized carbons (Fsp3) is 0.312. The van der Waals surface area contributed by atoms with Gasteiger partial charge >= 0.3 is 0 Å². The average Bonchev–Trinajstić information content (AvgIpc) is 3.22. The lowest BCUT2D eigenvalue weighted by molar-refractivity contribution is -0.132. The molecule has 204 valence electrons. The van der Waals surface area contributed by atoms with Gasteiger partial charge in [-0.15, -0.1) is 0 Å². The van der Waals surface area contributed by atoms with Crippen molar-refractivity contribution in [1.29, 1.82) is 0 Å². The van der Waals surface area contributed by atoms with Crippen LogP contribution in [0.2, 0.25) is 0 Å². The van der Waals surface area contributed by atoms with Crippen LogP contribution in [-0.2, 0) is 9.59 Å². The van der Waals surface area contributed by atoms with Crippen LogP contribution in [-0.4, -0.2) is 43.6 Å². The first-order valence-electron chi connectivity index (χ1n) is 13.3. The summed E-state index contributed by atoms with van der Waals surface area (Å²) >= 11 is 0. The van der Waals surface area contributed by atoms with Crippen molar-refractivity contribution in [3.05, 3.63) is 89.5 Å². The number of rotatable bonds is 10. The predicted molar refractivity (Wildman–Crippen MR) is 155 cm³/mol. The smallest absolute Gasteiger partial charge is 0.300 e. The number of aliphatic hydroxyl groups excluding tert-OH is 1. The Morgan fingerprint density at radius 2 is 1.62 bits per heavy atom. The fourth-order valence-electron chi connectivity index (χ4n) is 4.76. The highest BCUT2D eigenvalue weighted by Gasteiger charge is 2.47. The molecule has 0 aliphatic carbocycles. The predicted octanol–water partition coefficient (Wildman–Crippen LogP) is 6.20. The molecule has 3 aromatic carbocycles. The summed E-state index contributed by atoms with van der Waals surface area (Å²) < 4.78 is 11.1. The number of nitrogens with zero attached hydrogens (tertiary/aromatic N) is 2. The van der Waals surface area contributed by atoms with Gasteiger partial charge in [-0.3, -0.25) is 14.5 Å². The van der Waals surface area contributed by atoms with Crippen LogP contribution in [0, 0.1) is 5.92 Å². The molecule has 1 amide bonds. The molecule has 1 aliphatic rings. The highest BCUT2D eigenvalue weighted by molar-refractivity contribution is 6.51. The molecule has 1 atom stereocenters. The second-order valence-electron chi connectivity index (χ2n) is 9.86. The number of Topliss-reactive ketones (excluding diaryl/α,β-unsaturated/α-hetero) is 1. The van der Waals surface area contributed by atoms with Gasteiger partial charge in [0.2, 0.25) is 0 Å². The third kappa shape index (κ3) is 5.77. The summed E-state index contributed by atoms with van der Waals surface area (Å²) in [6, 6.07) is 20.9. The molecule has 39 heavy (non-hydrogen) atoms. The van der Waals surface area contributed by atoms with Crippen molar-refractivity contribution in [3.8, 4) is 11.5 Å². The van der Waals surface area contributed by atoms with Crippen molar-refractivity contribution in [2.24, 2.45) is 5.92 Å². The summed E-state index contributed by atoms with van der Waals surface area (Å²) in [6.45, 7) is 10.5.